The fourth-order valence-electron chi connectivity index (χ4n) is 2.90. The average molecular weight is 258 g/mol. The van der Waals surface area contributed by atoms with E-state index in [4.69, 9.17) is 0 Å². The second-order valence-electron chi connectivity index (χ2n) is 5.11. The van der Waals surface area contributed by atoms with Crippen LogP contribution < -0.4 is 0 Å². The number of carbonyl (C=O) groups is 1. The largest absolute Gasteiger partial charge is 0.508 e. The van der Waals surface area contributed by atoms with Gasteiger partial charge in [-0.1, -0.05) is 18.6 Å². The van der Waals surface area contributed by atoms with Gasteiger partial charge in [-0.15, -0.1) is 0 Å². The normalized spacial score (nSPS) is 17.1. The van der Waals surface area contributed by atoms with Crippen molar-refractivity contribution in [3.05, 3.63) is 35.9 Å². The number of aliphatic carboxylic acids is 1. The van der Waals surface area contributed by atoms with Crippen molar-refractivity contribution in [3.63, 3.8) is 0 Å². The van der Waals surface area contributed by atoms with E-state index in [9.17, 15) is 20.1 Å². The molecule has 1 saturated carbocycles. The lowest BCUT2D eigenvalue weighted by Gasteiger charge is -2.39. The van der Waals surface area contributed by atoms with E-state index in [2.05, 4.69) is 0 Å². The van der Waals surface area contributed by atoms with Gasteiger partial charge in [0.15, 0.2) is 0 Å². The van der Waals surface area contributed by atoms with E-state index in [1.807, 2.05) is 0 Å². The summed E-state index contributed by atoms with van der Waals surface area (Å²) in [4.78, 5) is 11.6. The van der Waals surface area contributed by atoms with Crippen LogP contribution in [0, 0.1) is 0 Å². The lowest BCUT2D eigenvalue weighted by molar-refractivity contribution is -0.147. The monoisotopic (exact) mass is 258 g/mol. The van der Waals surface area contributed by atoms with Crippen molar-refractivity contribution in [3.8, 4) is 11.5 Å². The van der Waals surface area contributed by atoms with Crippen molar-refractivity contribution in [1.82, 2.24) is 0 Å². The van der Waals surface area contributed by atoms with Gasteiger partial charge in [0.25, 0.3) is 0 Å². The summed E-state index contributed by atoms with van der Waals surface area (Å²) in [5.41, 5.74) is -0.586. The molecule has 4 nitrogen and oxygen atoms in total. The number of phenolic OH excluding ortho intramolecular Hbond substituents is 2. The van der Waals surface area contributed by atoms with Gasteiger partial charge in [-0.05, 0) is 41.8 Å². The second-order valence-corrected chi connectivity index (χ2v) is 5.11. The third kappa shape index (κ3) is 1.56. The molecular weight excluding hydrogens is 244 g/mol. The van der Waals surface area contributed by atoms with E-state index in [1.165, 1.54) is 12.1 Å². The number of hydrogen-bond donors (Lipinski definition) is 3. The SMILES string of the molecule is O=C(O)C1(c2c(O)ccc3ccc(O)cc23)CCC1. The Kier molecular flexibility index (Phi) is 2.42. The molecule has 4 heteroatoms. The van der Waals surface area contributed by atoms with Gasteiger partial charge in [-0.3, -0.25) is 4.79 Å². The van der Waals surface area contributed by atoms with Crippen LogP contribution in [0.4, 0.5) is 0 Å². The first kappa shape index (κ1) is 11.8. The van der Waals surface area contributed by atoms with Crippen molar-refractivity contribution in [1.29, 1.82) is 0 Å². The Morgan fingerprint density at radius 3 is 2.37 bits per heavy atom. The molecule has 0 aliphatic heterocycles. The summed E-state index contributed by atoms with van der Waals surface area (Å²) >= 11 is 0. The number of aromatic hydroxyl groups is 2. The van der Waals surface area contributed by atoms with Gasteiger partial charge in [0, 0.05) is 5.56 Å². The predicted molar refractivity (Wildman–Crippen MR) is 70.4 cm³/mol. The lowest BCUT2D eigenvalue weighted by Crippen LogP contribution is -2.42. The summed E-state index contributed by atoms with van der Waals surface area (Å²) in [5.74, 6) is -0.857. The molecule has 1 fully saturated rings. The van der Waals surface area contributed by atoms with Crippen LogP contribution in [0.2, 0.25) is 0 Å². The summed E-state index contributed by atoms with van der Waals surface area (Å²) in [6, 6.07) is 8.05. The van der Waals surface area contributed by atoms with Crippen LogP contribution in [0.25, 0.3) is 10.8 Å². The molecule has 0 amide bonds. The Hall–Kier alpha value is -2.23. The first-order valence-electron chi connectivity index (χ1n) is 6.23. The first-order chi connectivity index (χ1) is 9.04. The van der Waals surface area contributed by atoms with E-state index >= 15 is 0 Å². The molecule has 2 aromatic rings. The fraction of sp³-hybridized carbons (Fsp3) is 0.267. The number of carboxylic acid groups (broad SMARTS) is 1. The number of hydrogen-bond acceptors (Lipinski definition) is 3. The van der Waals surface area contributed by atoms with Gasteiger partial charge >= 0.3 is 5.97 Å². The maximum absolute atomic E-state index is 11.6. The molecule has 98 valence electrons. The van der Waals surface area contributed by atoms with E-state index in [0.29, 0.717) is 23.8 Å². The van der Waals surface area contributed by atoms with Gasteiger partial charge in [-0.25, -0.2) is 0 Å². The van der Waals surface area contributed by atoms with Crippen LogP contribution in [-0.4, -0.2) is 21.3 Å². The number of benzene rings is 2. The number of rotatable bonds is 2. The van der Waals surface area contributed by atoms with Crippen molar-refractivity contribution < 1.29 is 20.1 Å². The minimum Gasteiger partial charge on any atom is -0.508 e. The smallest absolute Gasteiger partial charge is 0.314 e. The lowest BCUT2D eigenvalue weighted by atomic mass is 9.63. The summed E-state index contributed by atoms with van der Waals surface area (Å²) in [7, 11) is 0. The van der Waals surface area contributed by atoms with Gasteiger partial charge in [0.2, 0.25) is 0 Å². The van der Waals surface area contributed by atoms with Gasteiger partial charge in [0.1, 0.15) is 11.5 Å². The summed E-state index contributed by atoms with van der Waals surface area (Å²) < 4.78 is 0. The van der Waals surface area contributed by atoms with E-state index in [-0.39, 0.29) is 11.5 Å². The second kappa shape index (κ2) is 3.88. The van der Waals surface area contributed by atoms with Crippen molar-refractivity contribution in [2.45, 2.75) is 24.7 Å². The van der Waals surface area contributed by atoms with E-state index in [0.717, 1.165) is 11.8 Å². The van der Waals surface area contributed by atoms with Crippen molar-refractivity contribution in [2.75, 3.05) is 0 Å². The number of carboxylic acids is 1. The minimum absolute atomic E-state index is 0.0137. The molecule has 0 saturated heterocycles. The molecule has 1 aliphatic carbocycles. The minimum atomic E-state index is -1.02. The Morgan fingerprint density at radius 1 is 1.11 bits per heavy atom. The van der Waals surface area contributed by atoms with Crippen LogP contribution >= 0.6 is 0 Å². The molecule has 19 heavy (non-hydrogen) atoms. The zero-order valence-electron chi connectivity index (χ0n) is 10.3. The highest BCUT2D eigenvalue weighted by Crippen LogP contribution is 2.50. The van der Waals surface area contributed by atoms with Crippen LogP contribution in [-0.2, 0) is 10.2 Å². The van der Waals surface area contributed by atoms with Gasteiger partial charge in [0.05, 0.1) is 5.41 Å². The van der Waals surface area contributed by atoms with Gasteiger partial charge in [-0.2, -0.15) is 0 Å². The highest BCUT2D eigenvalue weighted by Gasteiger charge is 2.48. The van der Waals surface area contributed by atoms with E-state index < -0.39 is 11.4 Å². The molecule has 0 bridgehead atoms. The highest BCUT2D eigenvalue weighted by molar-refractivity contribution is 5.96. The average Bonchev–Trinajstić information content (AvgIpc) is 2.30. The van der Waals surface area contributed by atoms with Gasteiger partial charge < -0.3 is 15.3 Å². The third-order valence-corrected chi connectivity index (χ3v) is 4.08. The predicted octanol–water partition coefficient (Wildman–Crippen LogP) is 2.76. The Bertz CT molecular complexity index is 666. The standard InChI is InChI=1S/C15H14O4/c16-10-4-2-9-3-5-12(17)13(11(9)8-10)15(14(18)19)6-1-7-15/h2-5,8,16-17H,1,6-7H2,(H,18,19). The Labute approximate surface area is 109 Å². The van der Waals surface area contributed by atoms with Crippen LogP contribution in [0.1, 0.15) is 24.8 Å². The van der Waals surface area contributed by atoms with Crippen molar-refractivity contribution >= 4 is 16.7 Å². The Morgan fingerprint density at radius 2 is 1.79 bits per heavy atom. The zero-order chi connectivity index (χ0) is 13.6. The molecular formula is C15H14O4. The molecule has 1 aliphatic rings. The molecule has 0 atom stereocenters. The molecule has 0 unspecified atom stereocenters. The third-order valence-electron chi connectivity index (χ3n) is 4.08. The summed E-state index contributed by atoms with van der Waals surface area (Å²) in [6.07, 6.45) is 1.87. The maximum atomic E-state index is 11.6. The quantitative estimate of drug-likeness (QED) is 0.774. The zero-order valence-corrected chi connectivity index (χ0v) is 10.3. The molecule has 3 rings (SSSR count). The van der Waals surface area contributed by atoms with Crippen LogP contribution in [0.5, 0.6) is 11.5 Å². The Balaban J connectivity index is 2.36. The highest BCUT2D eigenvalue weighted by atomic mass is 16.4. The molecule has 3 N–H and O–H groups in total. The molecule has 0 heterocycles. The maximum Gasteiger partial charge on any atom is 0.314 e. The first-order valence-corrected chi connectivity index (χ1v) is 6.23. The van der Waals surface area contributed by atoms with E-state index in [1.54, 1.807) is 18.2 Å². The molecule has 2 aromatic carbocycles. The molecule has 0 spiro atoms. The summed E-state index contributed by atoms with van der Waals surface area (Å²) in [5, 5.41) is 30.7. The summed E-state index contributed by atoms with van der Waals surface area (Å²) in [6.45, 7) is 0. The van der Waals surface area contributed by atoms with Crippen LogP contribution in [0.15, 0.2) is 30.3 Å². The topological polar surface area (TPSA) is 77.8 Å². The number of fused-ring (bicyclic) bond motifs is 1. The molecule has 0 radical (unpaired) electrons. The van der Waals surface area contributed by atoms with Crippen molar-refractivity contribution in [2.24, 2.45) is 0 Å². The molecule has 0 aromatic heterocycles. The fourth-order valence-corrected chi connectivity index (χ4v) is 2.90. The number of phenols is 2. The van der Waals surface area contributed by atoms with Crippen LogP contribution in [0.3, 0.4) is 0 Å².